The fourth-order valence-corrected chi connectivity index (χ4v) is 2.81. The number of ether oxygens (including phenoxy) is 1. The normalized spacial score (nSPS) is 16.8. The minimum atomic E-state index is -0.554. The zero-order chi connectivity index (χ0) is 18.0. The van der Waals surface area contributed by atoms with E-state index in [1.165, 1.54) is 11.0 Å². The number of aryl methyl sites for hydroxylation is 1. The molecule has 1 saturated heterocycles. The van der Waals surface area contributed by atoms with Crippen LogP contribution in [0.15, 0.2) is 36.5 Å². The van der Waals surface area contributed by atoms with Gasteiger partial charge in [-0.25, -0.2) is 9.18 Å². The molecule has 1 aromatic carbocycles. The molecule has 6 nitrogen and oxygen atoms in total. The third-order valence-corrected chi connectivity index (χ3v) is 4.06. The zero-order valence-electron chi connectivity index (χ0n) is 13.7. The summed E-state index contributed by atoms with van der Waals surface area (Å²) in [5, 5.41) is 0. The molecular formula is C18H18FN3O3. The molecule has 0 spiro atoms. The number of anilines is 1. The van der Waals surface area contributed by atoms with Gasteiger partial charge >= 0.3 is 6.09 Å². The average Bonchev–Trinajstić information content (AvgIpc) is 2.94. The molecule has 1 aliphatic rings. The van der Waals surface area contributed by atoms with E-state index in [0.717, 1.165) is 11.3 Å². The van der Waals surface area contributed by atoms with Crippen LogP contribution in [0.1, 0.15) is 18.5 Å². The van der Waals surface area contributed by atoms with E-state index in [9.17, 15) is 14.0 Å². The maximum Gasteiger partial charge on any atom is 0.414 e. The van der Waals surface area contributed by atoms with Gasteiger partial charge in [-0.15, -0.1) is 0 Å². The summed E-state index contributed by atoms with van der Waals surface area (Å²) < 4.78 is 19.7. The van der Waals surface area contributed by atoms with E-state index in [0.29, 0.717) is 17.7 Å². The SMILES string of the molecule is Cc1cc(-c2ccc(N3CC(CCC(N)=O)OC3=O)cc2F)ccn1. The number of primary amides is 1. The first kappa shape index (κ1) is 16.9. The smallest absolute Gasteiger partial charge is 0.414 e. The number of hydrogen-bond donors (Lipinski definition) is 1. The Morgan fingerprint density at radius 3 is 2.88 bits per heavy atom. The van der Waals surface area contributed by atoms with E-state index < -0.39 is 23.9 Å². The third kappa shape index (κ3) is 3.76. The van der Waals surface area contributed by atoms with Crippen molar-refractivity contribution in [3.8, 4) is 11.1 Å². The number of cyclic esters (lactones) is 1. The van der Waals surface area contributed by atoms with Crippen LogP contribution in [0.3, 0.4) is 0 Å². The molecule has 130 valence electrons. The second-order valence-electron chi connectivity index (χ2n) is 5.97. The largest absolute Gasteiger partial charge is 0.444 e. The minimum Gasteiger partial charge on any atom is -0.444 e. The van der Waals surface area contributed by atoms with Gasteiger partial charge < -0.3 is 10.5 Å². The Bertz CT molecular complexity index is 825. The number of nitrogens with two attached hydrogens (primary N) is 1. The van der Waals surface area contributed by atoms with Gasteiger partial charge in [-0.05, 0) is 49.2 Å². The number of aromatic nitrogens is 1. The first-order valence-electron chi connectivity index (χ1n) is 7.93. The summed E-state index contributed by atoms with van der Waals surface area (Å²) in [4.78, 5) is 28.3. The first-order valence-corrected chi connectivity index (χ1v) is 7.93. The van der Waals surface area contributed by atoms with Gasteiger partial charge in [0.25, 0.3) is 0 Å². The Morgan fingerprint density at radius 1 is 1.40 bits per heavy atom. The highest BCUT2D eigenvalue weighted by atomic mass is 19.1. The van der Waals surface area contributed by atoms with Crippen LogP contribution in [0.4, 0.5) is 14.9 Å². The van der Waals surface area contributed by atoms with E-state index in [1.807, 2.05) is 6.92 Å². The number of carbonyl (C=O) groups excluding carboxylic acids is 2. The highest BCUT2D eigenvalue weighted by Crippen LogP contribution is 2.29. The van der Waals surface area contributed by atoms with Crippen molar-refractivity contribution in [1.29, 1.82) is 0 Å². The number of halogens is 1. The molecule has 2 amide bonds. The van der Waals surface area contributed by atoms with Crippen LogP contribution < -0.4 is 10.6 Å². The van der Waals surface area contributed by atoms with E-state index >= 15 is 0 Å². The molecule has 2 heterocycles. The zero-order valence-corrected chi connectivity index (χ0v) is 13.7. The predicted molar refractivity (Wildman–Crippen MR) is 90.4 cm³/mol. The summed E-state index contributed by atoms with van der Waals surface area (Å²) >= 11 is 0. The maximum absolute atomic E-state index is 14.5. The van der Waals surface area contributed by atoms with E-state index in [2.05, 4.69) is 4.98 Å². The van der Waals surface area contributed by atoms with Gasteiger partial charge in [0, 0.05) is 23.9 Å². The highest BCUT2D eigenvalue weighted by molar-refractivity contribution is 5.90. The minimum absolute atomic E-state index is 0.139. The number of rotatable bonds is 5. The van der Waals surface area contributed by atoms with Gasteiger partial charge in [0.15, 0.2) is 0 Å². The summed E-state index contributed by atoms with van der Waals surface area (Å²) in [6.07, 6.45) is 1.14. The van der Waals surface area contributed by atoms with Crippen LogP contribution >= 0.6 is 0 Å². The summed E-state index contributed by atoms with van der Waals surface area (Å²) in [5.74, 6) is -0.881. The van der Waals surface area contributed by atoms with Crippen molar-refractivity contribution in [1.82, 2.24) is 4.98 Å². The van der Waals surface area contributed by atoms with Crippen molar-refractivity contribution in [3.63, 3.8) is 0 Å². The number of hydrogen-bond acceptors (Lipinski definition) is 4. The molecule has 1 aliphatic heterocycles. The molecule has 0 bridgehead atoms. The molecule has 1 atom stereocenters. The summed E-state index contributed by atoms with van der Waals surface area (Å²) in [6, 6.07) is 8.13. The molecule has 25 heavy (non-hydrogen) atoms. The van der Waals surface area contributed by atoms with E-state index in [-0.39, 0.29) is 13.0 Å². The molecule has 2 aromatic rings. The van der Waals surface area contributed by atoms with Crippen LogP contribution in [0.2, 0.25) is 0 Å². The van der Waals surface area contributed by atoms with Crippen LogP contribution in [0.25, 0.3) is 11.1 Å². The van der Waals surface area contributed by atoms with Gasteiger partial charge in [0.1, 0.15) is 11.9 Å². The summed E-state index contributed by atoms with van der Waals surface area (Å²) in [7, 11) is 0. The van der Waals surface area contributed by atoms with E-state index in [4.69, 9.17) is 10.5 Å². The summed E-state index contributed by atoms with van der Waals surface area (Å²) in [6.45, 7) is 2.10. The highest BCUT2D eigenvalue weighted by Gasteiger charge is 2.32. The molecular weight excluding hydrogens is 325 g/mol. The Labute approximate surface area is 144 Å². The van der Waals surface area contributed by atoms with Crippen molar-refractivity contribution in [2.75, 3.05) is 11.4 Å². The first-order chi connectivity index (χ1) is 11.9. The quantitative estimate of drug-likeness (QED) is 0.904. The molecule has 0 aliphatic carbocycles. The molecule has 1 fully saturated rings. The number of amides is 2. The number of carbonyl (C=O) groups is 2. The fourth-order valence-electron chi connectivity index (χ4n) is 2.81. The molecule has 7 heteroatoms. The second-order valence-corrected chi connectivity index (χ2v) is 5.97. The van der Waals surface area contributed by atoms with Crippen molar-refractivity contribution in [2.24, 2.45) is 5.73 Å². The lowest BCUT2D eigenvalue weighted by atomic mass is 10.0. The Kier molecular flexibility index (Phi) is 4.65. The second kappa shape index (κ2) is 6.88. The van der Waals surface area contributed by atoms with Crippen molar-refractivity contribution in [2.45, 2.75) is 25.9 Å². The van der Waals surface area contributed by atoms with Crippen LogP contribution in [-0.4, -0.2) is 29.6 Å². The molecule has 2 N–H and O–H groups in total. The van der Waals surface area contributed by atoms with Crippen molar-refractivity contribution >= 4 is 17.7 Å². The Morgan fingerprint density at radius 2 is 2.20 bits per heavy atom. The molecule has 3 rings (SSSR count). The lowest BCUT2D eigenvalue weighted by Gasteiger charge is -2.14. The van der Waals surface area contributed by atoms with Gasteiger partial charge in [0.2, 0.25) is 5.91 Å². The van der Waals surface area contributed by atoms with Crippen LogP contribution in [-0.2, 0) is 9.53 Å². The maximum atomic E-state index is 14.5. The molecule has 1 unspecified atom stereocenters. The summed E-state index contributed by atoms with van der Waals surface area (Å²) in [5.41, 5.74) is 7.47. The number of benzene rings is 1. The lowest BCUT2D eigenvalue weighted by Crippen LogP contribution is -2.25. The topological polar surface area (TPSA) is 85.5 Å². The Hall–Kier alpha value is -2.96. The third-order valence-electron chi connectivity index (χ3n) is 4.06. The lowest BCUT2D eigenvalue weighted by molar-refractivity contribution is -0.118. The molecule has 1 aromatic heterocycles. The predicted octanol–water partition coefficient (Wildman–Crippen LogP) is 2.79. The van der Waals surface area contributed by atoms with Gasteiger partial charge in [-0.1, -0.05) is 0 Å². The number of nitrogens with zero attached hydrogens (tertiary/aromatic N) is 2. The van der Waals surface area contributed by atoms with E-state index in [1.54, 1.807) is 30.5 Å². The fraction of sp³-hybridized carbons (Fsp3) is 0.278. The van der Waals surface area contributed by atoms with Crippen LogP contribution in [0, 0.1) is 12.7 Å². The molecule has 0 radical (unpaired) electrons. The molecule has 0 saturated carbocycles. The van der Waals surface area contributed by atoms with Gasteiger partial charge in [-0.2, -0.15) is 0 Å². The number of pyridine rings is 1. The van der Waals surface area contributed by atoms with Crippen molar-refractivity contribution < 1.29 is 18.7 Å². The van der Waals surface area contributed by atoms with Crippen molar-refractivity contribution in [3.05, 3.63) is 48.0 Å². The standard InChI is InChI=1S/C18H18FN3O3/c1-11-8-12(6-7-21-11)15-4-2-13(9-16(15)19)22-10-14(25-18(22)24)3-5-17(20)23/h2,4,6-9,14H,3,5,10H2,1H3,(H2,20,23). The average molecular weight is 343 g/mol. The monoisotopic (exact) mass is 343 g/mol. The Balaban J connectivity index is 1.79. The van der Waals surface area contributed by atoms with Crippen LogP contribution in [0.5, 0.6) is 0 Å². The van der Waals surface area contributed by atoms with Gasteiger partial charge in [0.05, 0.1) is 12.2 Å². The van der Waals surface area contributed by atoms with Gasteiger partial charge in [-0.3, -0.25) is 14.7 Å².